The lowest BCUT2D eigenvalue weighted by Gasteiger charge is -2.07. The molecular formula is C15H13ClN4O. The van der Waals surface area contributed by atoms with Crippen molar-refractivity contribution in [3.05, 3.63) is 52.8 Å². The standard InChI is InChI=1S/C15H13ClN4O/c1-9-3-5-10(6-4-9)19-15(21)12-7-17-14-11(13(12)16)8-18-20(14)2/h3-8H,1-2H3,(H,19,21). The van der Waals surface area contributed by atoms with Gasteiger partial charge in [0.05, 0.1) is 22.2 Å². The average molecular weight is 301 g/mol. The van der Waals surface area contributed by atoms with Crippen molar-refractivity contribution >= 4 is 34.2 Å². The van der Waals surface area contributed by atoms with Crippen LogP contribution in [-0.4, -0.2) is 20.7 Å². The van der Waals surface area contributed by atoms with E-state index >= 15 is 0 Å². The fourth-order valence-corrected chi connectivity index (χ4v) is 2.33. The SMILES string of the molecule is Cc1ccc(NC(=O)c2cnc3c(cnn3C)c2Cl)cc1. The van der Waals surface area contributed by atoms with Gasteiger partial charge in [0.25, 0.3) is 5.91 Å². The zero-order chi connectivity index (χ0) is 15.0. The van der Waals surface area contributed by atoms with E-state index in [2.05, 4.69) is 15.4 Å². The molecule has 2 heterocycles. The van der Waals surface area contributed by atoms with Crippen LogP contribution in [0.3, 0.4) is 0 Å². The molecule has 0 saturated carbocycles. The molecule has 21 heavy (non-hydrogen) atoms. The summed E-state index contributed by atoms with van der Waals surface area (Å²) in [5.41, 5.74) is 2.82. The molecule has 0 saturated heterocycles. The molecule has 0 bridgehead atoms. The molecule has 2 aromatic heterocycles. The molecule has 1 amide bonds. The van der Waals surface area contributed by atoms with Crippen molar-refractivity contribution in [2.45, 2.75) is 6.92 Å². The molecule has 0 spiro atoms. The molecule has 3 aromatic rings. The first-order valence-electron chi connectivity index (χ1n) is 6.40. The average Bonchev–Trinajstić information content (AvgIpc) is 2.84. The van der Waals surface area contributed by atoms with E-state index in [1.165, 1.54) is 6.20 Å². The van der Waals surface area contributed by atoms with Crippen molar-refractivity contribution in [1.29, 1.82) is 0 Å². The lowest BCUT2D eigenvalue weighted by molar-refractivity contribution is 0.102. The summed E-state index contributed by atoms with van der Waals surface area (Å²) in [5.74, 6) is -0.290. The number of benzene rings is 1. The first-order valence-corrected chi connectivity index (χ1v) is 6.78. The number of carbonyl (C=O) groups is 1. The fourth-order valence-electron chi connectivity index (χ4n) is 2.06. The maximum atomic E-state index is 12.3. The minimum Gasteiger partial charge on any atom is -0.322 e. The molecule has 0 atom stereocenters. The van der Waals surface area contributed by atoms with Gasteiger partial charge in [0.1, 0.15) is 0 Å². The minimum absolute atomic E-state index is 0.290. The largest absolute Gasteiger partial charge is 0.322 e. The first kappa shape index (κ1) is 13.6. The number of halogens is 1. The monoisotopic (exact) mass is 300 g/mol. The molecule has 0 aliphatic carbocycles. The number of fused-ring (bicyclic) bond motifs is 1. The highest BCUT2D eigenvalue weighted by molar-refractivity contribution is 6.38. The van der Waals surface area contributed by atoms with E-state index < -0.39 is 0 Å². The van der Waals surface area contributed by atoms with Crippen LogP contribution in [0.4, 0.5) is 5.69 Å². The maximum absolute atomic E-state index is 12.3. The third-order valence-corrected chi connectivity index (χ3v) is 3.66. The Morgan fingerprint density at radius 2 is 1.95 bits per heavy atom. The van der Waals surface area contributed by atoms with Crippen LogP contribution in [0.2, 0.25) is 5.02 Å². The van der Waals surface area contributed by atoms with Crippen LogP contribution in [-0.2, 0) is 7.05 Å². The Morgan fingerprint density at radius 1 is 1.24 bits per heavy atom. The van der Waals surface area contributed by atoms with Gasteiger partial charge in [0.2, 0.25) is 0 Å². The van der Waals surface area contributed by atoms with E-state index in [4.69, 9.17) is 11.6 Å². The highest BCUT2D eigenvalue weighted by atomic mass is 35.5. The highest BCUT2D eigenvalue weighted by Crippen LogP contribution is 2.25. The Labute approximate surface area is 126 Å². The molecule has 106 valence electrons. The molecular weight excluding hydrogens is 288 g/mol. The lowest BCUT2D eigenvalue weighted by atomic mass is 10.2. The van der Waals surface area contributed by atoms with Gasteiger partial charge in [0.15, 0.2) is 5.65 Å². The van der Waals surface area contributed by atoms with Crippen LogP contribution >= 0.6 is 11.6 Å². The lowest BCUT2D eigenvalue weighted by Crippen LogP contribution is -2.13. The zero-order valence-electron chi connectivity index (χ0n) is 11.6. The number of pyridine rings is 1. The van der Waals surface area contributed by atoms with Gasteiger partial charge in [0, 0.05) is 18.9 Å². The molecule has 0 aliphatic heterocycles. The number of carbonyl (C=O) groups excluding carboxylic acids is 1. The number of aryl methyl sites for hydroxylation is 2. The number of nitrogens with one attached hydrogen (secondary N) is 1. The van der Waals surface area contributed by atoms with Gasteiger partial charge in [-0.2, -0.15) is 5.10 Å². The summed E-state index contributed by atoms with van der Waals surface area (Å²) in [7, 11) is 1.78. The number of nitrogens with zero attached hydrogens (tertiary/aromatic N) is 3. The second-order valence-electron chi connectivity index (χ2n) is 4.81. The van der Waals surface area contributed by atoms with Gasteiger partial charge in [-0.25, -0.2) is 4.98 Å². The van der Waals surface area contributed by atoms with Crippen molar-refractivity contribution in [1.82, 2.24) is 14.8 Å². The van der Waals surface area contributed by atoms with Crippen molar-refractivity contribution in [2.75, 3.05) is 5.32 Å². The third kappa shape index (κ3) is 2.48. The Morgan fingerprint density at radius 3 is 2.67 bits per heavy atom. The van der Waals surface area contributed by atoms with Crippen molar-refractivity contribution in [2.24, 2.45) is 7.05 Å². The molecule has 0 aliphatic rings. The topological polar surface area (TPSA) is 59.8 Å². The zero-order valence-corrected chi connectivity index (χ0v) is 12.3. The summed E-state index contributed by atoms with van der Waals surface area (Å²) in [6.07, 6.45) is 3.07. The summed E-state index contributed by atoms with van der Waals surface area (Å²) in [6, 6.07) is 7.55. The summed E-state index contributed by atoms with van der Waals surface area (Å²) in [6.45, 7) is 1.99. The summed E-state index contributed by atoms with van der Waals surface area (Å²) < 4.78 is 1.61. The fraction of sp³-hybridized carbons (Fsp3) is 0.133. The number of hydrogen-bond acceptors (Lipinski definition) is 3. The molecule has 1 N–H and O–H groups in total. The minimum atomic E-state index is -0.290. The Bertz CT molecular complexity index is 824. The summed E-state index contributed by atoms with van der Waals surface area (Å²) in [4.78, 5) is 16.5. The number of hydrogen-bond donors (Lipinski definition) is 1. The molecule has 6 heteroatoms. The molecule has 1 aromatic carbocycles. The quantitative estimate of drug-likeness (QED) is 0.790. The Kier molecular flexibility index (Phi) is 3.35. The summed E-state index contributed by atoms with van der Waals surface area (Å²) in [5, 5.41) is 7.92. The first-order chi connectivity index (χ1) is 10.1. The number of anilines is 1. The number of amides is 1. The van der Waals surface area contributed by atoms with Gasteiger partial charge in [-0.3, -0.25) is 9.48 Å². The predicted octanol–water partition coefficient (Wildman–Crippen LogP) is 3.18. The van der Waals surface area contributed by atoms with Crippen LogP contribution in [0, 0.1) is 6.92 Å². The molecule has 3 rings (SSSR count). The van der Waals surface area contributed by atoms with Crippen molar-refractivity contribution in [3.8, 4) is 0 Å². The van der Waals surface area contributed by atoms with Gasteiger partial charge in [-0.05, 0) is 19.1 Å². The van der Waals surface area contributed by atoms with Crippen LogP contribution in [0.1, 0.15) is 15.9 Å². The molecule has 0 unspecified atom stereocenters. The third-order valence-electron chi connectivity index (χ3n) is 3.25. The van der Waals surface area contributed by atoms with E-state index in [9.17, 15) is 4.79 Å². The van der Waals surface area contributed by atoms with Crippen LogP contribution in [0.15, 0.2) is 36.7 Å². The van der Waals surface area contributed by atoms with Gasteiger partial charge in [-0.1, -0.05) is 29.3 Å². The number of rotatable bonds is 2. The summed E-state index contributed by atoms with van der Waals surface area (Å²) >= 11 is 6.29. The normalized spacial score (nSPS) is 10.8. The van der Waals surface area contributed by atoms with E-state index in [-0.39, 0.29) is 5.91 Å². The highest BCUT2D eigenvalue weighted by Gasteiger charge is 2.16. The van der Waals surface area contributed by atoms with E-state index in [0.717, 1.165) is 5.56 Å². The van der Waals surface area contributed by atoms with Gasteiger partial charge in [-0.15, -0.1) is 0 Å². The van der Waals surface area contributed by atoms with Crippen LogP contribution in [0.25, 0.3) is 11.0 Å². The molecule has 5 nitrogen and oxygen atoms in total. The smallest absolute Gasteiger partial charge is 0.258 e. The predicted molar refractivity (Wildman–Crippen MR) is 82.7 cm³/mol. The van der Waals surface area contributed by atoms with Crippen LogP contribution in [0.5, 0.6) is 0 Å². The van der Waals surface area contributed by atoms with E-state index in [1.54, 1.807) is 17.9 Å². The van der Waals surface area contributed by atoms with Crippen molar-refractivity contribution in [3.63, 3.8) is 0 Å². The second-order valence-corrected chi connectivity index (χ2v) is 5.19. The van der Waals surface area contributed by atoms with Crippen LogP contribution < -0.4 is 5.32 Å². The van der Waals surface area contributed by atoms with E-state index in [1.807, 2.05) is 31.2 Å². The maximum Gasteiger partial charge on any atom is 0.258 e. The van der Waals surface area contributed by atoms with Gasteiger partial charge >= 0.3 is 0 Å². The second kappa shape index (κ2) is 5.18. The Hall–Kier alpha value is -2.40. The van der Waals surface area contributed by atoms with E-state index in [0.29, 0.717) is 27.3 Å². The number of aromatic nitrogens is 3. The van der Waals surface area contributed by atoms with Crippen molar-refractivity contribution < 1.29 is 4.79 Å². The molecule has 0 radical (unpaired) electrons. The van der Waals surface area contributed by atoms with Gasteiger partial charge < -0.3 is 5.32 Å². The Balaban J connectivity index is 1.94. The molecule has 0 fully saturated rings.